The predicted molar refractivity (Wildman–Crippen MR) is 122 cm³/mol. The first-order chi connectivity index (χ1) is 15.9. The Morgan fingerprint density at radius 2 is 1.62 bits per heavy atom. The van der Waals surface area contributed by atoms with Crippen molar-refractivity contribution in [3.63, 3.8) is 0 Å². The third-order valence-corrected chi connectivity index (χ3v) is 11.2. The molecule has 5 fully saturated rings. The van der Waals surface area contributed by atoms with Gasteiger partial charge in [-0.3, -0.25) is 0 Å². The van der Waals surface area contributed by atoms with Gasteiger partial charge in [0.05, 0.1) is 24.9 Å². The van der Waals surface area contributed by atoms with Gasteiger partial charge in [0.25, 0.3) is 0 Å². The van der Waals surface area contributed by atoms with Crippen molar-refractivity contribution in [1.29, 1.82) is 0 Å². The molecule has 1 spiro atoms. The number of rotatable bonds is 4. The normalized spacial score (nSPS) is 56.6. The van der Waals surface area contributed by atoms with Crippen molar-refractivity contribution in [2.24, 2.45) is 34.0 Å². The van der Waals surface area contributed by atoms with Gasteiger partial charge in [0, 0.05) is 0 Å². The number of ether oxygens (including phenoxy) is 2. The third-order valence-electron chi connectivity index (χ3n) is 11.2. The van der Waals surface area contributed by atoms with E-state index in [1.165, 1.54) is 0 Å². The molecule has 0 amide bonds. The SMILES string of the molecule is CC1(C)[C@H]2CC[C@@]34C[C@@H](CC[C@H]3[C@]2(C)CC[C@@H]1O)[C@@](O)(CO[C@@H]1O[C@H](CO)[C@@H](O)[C@H](O)[C@H]1O)C4. The van der Waals surface area contributed by atoms with Gasteiger partial charge < -0.3 is 40.1 Å². The Bertz CT molecular complexity index is 774. The first-order valence-electron chi connectivity index (χ1n) is 13.2. The fourth-order valence-corrected chi connectivity index (χ4v) is 9.44. The summed E-state index contributed by atoms with van der Waals surface area (Å²) in [6, 6.07) is 0. The van der Waals surface area contributed by atoms with Crippen LogP contribution in [0, 0.1) is 34.0 Å². The van der Waals surface area contributed by atoms with Gasteiger partial charge in [0.2, 0.25) is 0 Å². The Morgan fingerprint density at radius 3 is 2.32 bits per heavy atom. The quantitative estimate of drug-likeness (QED) is 0.346. The molecule has 0 radical (unpaired) electrons. The molecule has 196 valence electrons. The van der Waals surface area contributed by atoms with Crippen molar-refractivity contribution < 1.29 is 40.1 Å². The highest BCUT2D eigenvalue weighted by Crippen LogP contribution is 2.72. The molecule has 4 aliphatic carbocycles. The minimum atomic E-state index is -1.49. The van der Waals surface area contributed by atoms with Crippen LogP contribution in [0.3, 0.4) is 0 Å². The molecular weight excluding hydrogens is 440 g/mol. The van der Waals surface area contributed by atoms with Crippen molar-refractivity contribution in [2.75, 3.05) is 13.2 Å². The van der Waals surface area contributed by atoms with Gasteiger partial charge in [0.1, 0.15) is 24.4 Å². The summed E-state index contributed by atoms with van der Waals surface area (Å²) < 4.78 is 11.4. The Kier molecular flexibility index (Phi) is 6.22. The van der Waals surface area contributed by atoms with Gasteiger partial charge >= 0.3 is 0 Å². The van der Waals surface area contributed by atoms with Crippen LogP contribution in [0.25, 0.3) is 0 Å². The molecule has 5 aliphatic rings. The van der Waals surface area contributed by atoms with Crippen molar-refractivity contribution >= 4 is 0 Å². The average Bonchev–Trinajstić information content (AvgIpc) is 2.99. The van der Waals surface area contributed by atoms with E-state index in [2.05, 4.69) is 20.8 Å². The van der Waals surface area contributed by atoms with E-state index >= 15 is 0 Å². The van der Waals surface area contributed by atoms with Crippen LogP contribution in [-0.2, 0) is 9.47 Å². The number of aliphatic hydroxyl groups excluding tert-OH is 5. The summed E-state index contributed by atoms with van der Waals surface area (Å²) in [6.07, 6.45) is 0.709. The minimum Gasteiger partial charge on any atom is -0.394 e. The molecule has 12 atom stereocenters. The van der Waals surface area contributed by atoms with E-state index in [1.807, 2.05) is 0 Å². The molecule has 0 aromatic carbocycles. The maximum atomic E-state index is 11.8. The first-order valence-corrected chi connectivity index (χ1v) is 13.2. The minimum absolute atomic E-state index is 0.0147. The van der Waals surface area contributed by atoms with Crippen LogP contribution in [0.4, 0.5) is 0 Å². The van der Waals surface area contributed by atoms with Crippen molar-refractivity contribution in [1.82, 2.24) is 0 Å². The summed E-state index contributed by atoms with van der Waals surface area (Å²) in [6.45, 7) is 6.36. The first kappa shape index (κ1) is 25.3. The highest BCUT2D eigenvalue weighted by Gasteiger charge is 2.68. The number of fused-ring (bicyclic) bond motifs is 3. The van der Waals surface area contributed by atoms with Crippen LogP contribution in [0.5, 0.6) is 0 Å². The molecule has 1 heterocycles. The molecular formula is C26H44O8. The van der Waals surface area contributed by atoms with Gasteiger partial charge in [0.15, 0.2) is 6.29 Å². The van der Waals surface area contributed by atoms with Crippen LogP contribution in [-0.4, -0.2) is 86.3 Å². The van der Waals surface area contributed by atoms with E-state index in [0.29, 0.717) is 18.3 Å². The highest BCUT2D eigenvalue weighted by molar-refractivity contribution is 5.17. The largest absolute Gasteiger partial charge is 0.394 e. The van der Waals surface area contributed by atoms with E-state index in [0.717, 1.165) is 44.9 Å². The van der Waals surface area contributed by atoms with E-state index in [9.17, 15) is 30.6 Å². The molecule has 8 heteroatoms. The van der Waals surface area contributed by atoms with Gasteiger partial charge in [-0.2, -0.15) is 0 Å². The summed E-state index contributed by atoms with van der Waals surface area (Å²) in [5, 5.41) is 62.4. The Balaban J connectivity index is 1.32. The lowest BCUT2D eigenvalue weighted by Crippen LogP contribution is -2.60. The molecule has 0 aromatic rings. The topological polar surface area (TPSA) is 140 Å². The van der Waals surface area contributed by atoms with Gasteiger partial charge in [-0.15, -0.1) is 0 Å². The highest BCUT2D eigenvalue weighted by atomic mass is 16.7. The van der Waals surface area contributed by atoms with E-state index < -0.39 is 42.9 Å². The lowest BCUT2D eigenvalue weighted by molar-refractivity contribution is -0.310. The molecule has 8 nitrogen and oxygen atoms in total. The Morgan fingerprint density at radius 1 is 0.882 bits per heavy atom. The summed E-state index contributed by atoms with van der Waals surface area (Å²) in [4.78, 5) is 0. The number of aliphatic hydroxyl groups is 6. The lowest BCUT2D eigenvalue weighted by Gasteiger charge is -2.64. The van der Waals surface area contributed by atoms with Crippen molar-refractivity contribution in [2.45, 2.75) is 115 Å². The monoisotopic (exact) mass is 484 g/mol. The average molecular weight is 485 g/mol. The Labute approximate surface area is 202 Å². The predicted octanol–water partition coefficient (Wildman–Crippen LogP) is 0.938. The Hall–Kier alpha value is -0.320. The van der Waals surface area contributed by atoms with Crippen LogP contribution in [0.2, 0.25) is 0 Å². The molecule has 4 saturated carbocycles. The molecule has 0 aromatic heterocycles. The second-order valence-corrected chi connectivity index (χ2v) is 13.2. The zero-order chi connectivity index (χ0) is 24.7. The van der Waals surface area contributed by atoms with Crippen molar-refractivity contribution in [3.05, 3.63) is 0 Å². The second kappa shape index (κ2) is 8.35. The zero-order valence-corrected chi connectivity index (χ0v) is 20.8. The van der Waals surface area contributed by atoms with Crippen LogP contribution >= 0.6 is 0 Å². The summed E-state index contributed by atoms with van der Waals surface area (Å²) in [5.41, 5.74) is -0.942. The molecule has 1 saturated heterocycles. The second-order valence-electron chi connectivity index (χ2n) is 13.2. The van der Waals surface area contributed by atoms with Crippen LogP contribution in [0.15, 0.2) is 0 Å². The fourth-order valence-electron chi connectivity index (χ4n) is 9.44. The van der Waals surface area contributed by atoms with Crippen molar-refractivity contribution in [3.8, 4) is 0 Å². The maximum Gasteiger partial charge on any atom is 0.186 e. The molecule has 6 N–H and O–H groups in total. The van der Waals surface area contributed by atoms with Gasteiger partial charge in [-0.25, -0.2) is 0 Å². The lowest BCUT2D eigenvalue weighted by atomic mass is 9.41. The number of hydrogen-bond donors (Lipinski definition) is 6. The molecule has 1 aliphatic heterocycles. The molecule has 2 bridgehead atoms. The summed E-state index contributed by atoms with van der Waals surface area (Å²) >= 11 is 0. The molecule has 0 unspecified atom stereocenters. The van der Waals surface area contributed by atoms with E-state index in [4.69, 9.17) is 9.47 Å². The standard InChI is InChI=1S/C26H44O8/c1-23(2)16-6-9-25-10-14(4-5-17(25)24(16,3)8-7-18(23)28)26(32,12-25)13-33-22-21(31)20(30)19(29)15(11-27)34-22/h14-22,27-32H,4-13H2,1-3H3/t14-,15-,16-,17+,18+,19-,20+,21-,22-,24-,25+,26+/m1/s1. The molecule has 34 heavy (non-hydrogen) atoms. The van der Waals surface area contributed by atoms with E-state index in [-0.39, 0.29) is 34.9 Å². The van der Waals surface area contributed by atoms with Crippen LogP contribution < -0.4 is 0 Å². The maximum absolute atomic E-state index is 11.8. The third kappa shape index (κ3) is 3.55. The smallest absolute Gasteiger partial charge is 0.186 e. The number of hydrogen-bond acceptors (Lipinski definition) is 8. The summed E-state index contributed by atoms with van der Waals surface area (Å²) in [7, 11) is 0. The summed E-state index contributed by atoms with van der Waals surface area (Å²) in [5.74, 6) is 1.08. The fraction of sp³-hybridized carbons (Fsp3) is 1.00. The van der Waals surface area contributed by atoms with E-state index in [1.54, 1.807) is 0 Å². The van der Waals surface area contributed by atoms with Gasteiger partial charge in [-0.1, -0.05) is 20.8 Å². The van der Waals surface area contributed by atoms with Crippen LogP contribution in [0.1, 0.15) is 72.1 Å². The zero-order valence-electron chi connectivity index (χ0n) is 20.8. The molecule has 5 rings (SSSR count). The van der Waals surface area contributed by atoms with Gasteiger partial charge in [-0.05, 0) is 85.4 Å².